The Kier molecular flexibility index (Phi) is 3.26. The second-order valence-electron chi connectivity index (χ2n) is 4.50. The number of rotatable bonds is 2. The predicted octanol–water partition coefficient (Wildman–Crippen LogP) is 0.377. The molecular weight excluding hydrogens is 192 g/mol. The number of hydrogen-bond acceptors (Lipinski definition) is 4. The maximum absolute atomic E-state index is 11.9. The molecule has 2 saturated heterocycles. The lowest BCUT2D eigenvalue weighted by atomic mass is 9.93. The van der Waals surface area contributed by atoms with Crippen molar-refractivity contribution < 1.29 is 9.53 Å². The van der Waals surface area contributed by atoms with Crippen molar-refractivity contribution in [3.8, 4) is 0 Å². The molecule has 0 aromatic carbocycles. The van der Waals surface area contributed by atoms with Crippen LogP contribution in [0.3, 0.4) is 0 Å². The van der Waals surface area contributed by atoms with Crippen molar-refractivity contribution in [3.63, 3.8) is 0 Å². The lowest BCUT2D eigenvalue weighted by molar-refractivity contribution is -0.155. The Morgan fingerprint density at radius 2 is 2.07 bits per heavy atom. The third kappa shape index (κ3) is 1.88. The number of carbonyl (C=O) groups is 1. The molecule has 0 aliphatic carbocycles. The van der Waals surface area contributed by atoms with Crippen molar-refractivity contribution in [1.29, 1.82) is 0 Å². The molecular formula is C11H20N2O2. The lowest BCUT2D eigenvalue weighted by Crippen LogP contribution is -2.58. The highest BCUT2D eigenvalue weighted by atomic mass is 16.5. The van der Waals surface area contributed by atoms with E-state index in [0.717, 1.165) is 32.6 Å². The van der Waals surface area contributed by atoms with E-state index in [2.05, 4.69) is 10.2 Å². The molecule has 15 heavy (non-hydrogen) atoms. The first-order chi connectivity index (χ1) is 7.29. The van der Waals surface area contributed by atoms with Crippen LogP contribution in [0, 0.1) is 0 Å². The molecule has 86 valence electrons. The summed E-state index contributed by atoms with van der Waals surface area (Å²) in [6.45, 7) is 3.75. The summed E-state index contributed by atoms with van der Waals surface area (Å²) in [6.07, 6.45) is 4.60. The highest BCUT2D eigenvalue weighted by Gasteiger charge is 2.47. The molecule has 0 spiro atoms. The molecule has 0 amide bonds. The summed E-state index contributed by atoms with van der Waals surface area (Å²) in [7, 11) is 1.49. The molecule has 2 fully saturated rings. The zero-order chi connectivity index (χ0) is 10.7. The summed E-state index contributed by atoms with van der Waals surface area (Å²) < 4.78 is 4.97. The van der Waals surface area contributed by atoms with Crippen molar-refractivity contribution in [2.45, 2.75) is 31.2 Å². The number of methoxy groups -OCH3 is 1. The molecule has 2 aliphatic heterocycles. The Morgan fingerprint density at radius 1 is 1.33 bits per heavy atom. The number of nitrogens with one attached hydrogen (secondary N) is 1. The summed E-state index contributed by atoms with van der Waals surface area (Å²) in [5.74, 6) is -0.0607. The van der Waals surface area contributed by atoms with Crippen LogP contribution in [0.15, 0.2) is 0 Å². The molecule has 0 bridgehead atoms. The molecule has 1 atom stereocenters. The average molecular weight is 212 g/mol. The summed E-state index contributed by atoms with van der Waals surface area (Å²) in [6, 6.07) is 0. The minimum atomic E-state index is -0.366. The Balaban J connectivity index is 2.13. The average Bonchev–Trinajstić information content (AvgIpc) is 2.79. The second-order valence-corrected chi connectivity index (χ2v) is 4.50. The van der Waals surface area contributed by atoms with Gasteiger partial charge in [0, 0.05) is 6.54 Å². The Labute approximate surface area is 91.0 Å². The Hall–Kier alpha value is -0.610. The van der Waals surface area contributed by atoms with E-state index in [-0.39, 0.29) is 11.5 Å². The number of hydrogen-bond donors (Lipinski definition) is 1. The van der Waals surface area contributed by atoms with Gasteiger partial charge in [-0.2, -0.15) is 0 Å². The molecule has 4 nitrogen and oxygen atoms in total. The van der Waals surface area contributed by atoms with Crippen LogP contribution < -0.4 is 5.32 Å². The van der Waals surface area contributed by atoms with Crippen LogP contribution in [0.4, 0.5) is 0 Å². The van der Waals surface area contributed by atoms with Gasteiger partial charge in [-0.25, -0.2) is 4.79 Å². The van der Waals surface area contributed by atoms with Crippen molar-refractivity contribution in [3.05, 3.63) is 0 Å². The molecule has 1 N–H and O–H groups in total. The third-order valence-corrected chi connectivity index (χ3v) is 3.66. The molecule has 0 aromatic rings. The second kappa shape index (κ2) is 4.49. The van der Waals surface area contributed by atoms with Crippen LogP contribution >= 0.6 is 0 Å². The quantitative estimate of drug-likeness (QED) is 0.672. The van der Waals surface area contributed by atoms with Gasteiger partial charge in [0.1, 0.15) is 5.54 Å². The molecule has 2 heterocycles. The molecule has 1 unspecified atom stereocenters. The van der Waals surface area contributed by atoms with Crippen molar-refractivity contribution >= 4 is 5.97 Å². The summed E-state index contributed by atoms with van der Waals surface area (Å²) in [4.78, 5) is 14.3. The van der Waals surface area contributed by atoms with Gasteiger partial charge in [-0.15, -0.1) is 0 Å². The van der Waals surface area contributed by atoms with Crippen LogP contribution in [0.5, 0.6) is 0 Å². The zero-order valence-electron chi connectivity index (χ0n) is 9.42. The van der Waals surface area contributed by atoms with Gasteiger partial charge >= 0.3 is 5.97 Å². The molecule has 2 rings (SSSR count). The Bertz CT molecular complexity index is 231. The van der Waals surface area contributed by atoms with E-state index in [4.69, 9.17) is 4.74 Å². The smallest absolute Gasteiger partial charge is 0.327 e. The molecule has 0 saturated carbocycles. The molecule has 0 aromatic heterocycles. The maximum Gasteiger partial charge on any atom is 0.327 e. The first-order valence-corrected chi connectivity index (χ1v) is 5.84. The van der Waals surface area contributed by atoms with E-state index in [0.29, 0.717) is 0 Å². The van der Waals surface area contributed by atoms with Crippen LogP contribution in [0.2, 0.25) is 0 Å². The number of carbonyl (C=O) groups excluding carboxylic acids is 1. The third-order valence-electron chi connectivity index (χ3n) is 3.66. The van der Waals surface area contributed by atoms with E-state index < -0.39 is 0 Å². The Morgan fingerprint density at radius 3 is 2.60 bits per heavy atom. The van der Waals surface area contributed by atoms with Gasteiger partial charge in [-0.05, 0) is 38.9 Å². The van der Waals surface area contributed by atoms with Crippen molar-refractivity contribution in [2.24, 2.45) is 0 Å². The van der Waals surface area contributed by atoms with E-state index in [1.807, 2.05) is 0 Å². The fourth-order valence-electron chi connectivity index (χ4n) is 2.76. The first-order valence-electron chi connectivity index (χ1n) is 5.84. The summed E-state index contributed by atoms with van der Waals surface area (Å²) in [5, 5.41) is 3.28. The summed E-state index contributed by atoms with van der Waals surface area (Å²) >= 11 is 0. The molecule has 0 radical (unpaired) electrons. The monoisotopic (exact) mass is 212 g/mol. The van der Waals surface area contributed by atoms with Gasteiger partial charge in [0.2, 0.25) is 0 Å². The minimum Gasteiger partial charge on any atom is -0.468 e. The highest BCUT2D eigenvalue weighted by molar-refractivity contribution is 5.81. The van der Waals surface area contributed by atoms with Crippen LogP contribution in [0.25, 0.3) is 0 Å². The zero-order valence-corrected chi connectivity index (χ0v) is 9.42. The summed E-state index contributed by atoms with van der Waals surface area (Å²) in [5.41, 5.74) is -0.366. The van der Waals surface area contributed by atoms with Crippen molar-refractivity contribution in [2.75, 3.05) is 33.3 Å². The van der Waals surface area contributed by atoms with Crippen LogP contribution in [0.1, 0.15) is 25.7 Å². The minimum absolute atomic E-state index is 0.0607. The van der Waals surface area contributed by atoms with Gasteiger partial charge in [0.05, 0.1) is 7.11 Å². The van der Waals surface area contributed by atoms with E-state index in [1.165, 1.54) is 26.4 Å². The fourth-order valence-corrected chi connectivity index (χ4v) is 2.76. The van der Waals surface area contributed by atoms with Crippen molar-refractivity contribution in [1.82, 2.24) is 10.2 Å². The largest absolute Gasteiger partial charge is 0.468 e. The normalized spacial score (nSPS) is 32.9. The number of likely N-dealkylation sites (tertiary alicyclic amines) is 1. The van der Waals surface area contributed by atoms with E-state index >= 15 is 0 Å². The van der Waals surface area contributed by atoms with E-state index in [1.54, 1.807) is 0 Å². The molecule has 2 aliphatic rings. The number of piperidine rings is 1. The molecule has 4 heteroatoms. The van der Waals surface area contributed by atoms with Gasteiger partial charge < -0.3 is 10.1 Å². The first kappa shape index (κ1) is 10.9. The number of ether oxygens (including phenoxy) is 1. The van der Waals surface area contributed by atoms with E-state index in [9.17, 15) is 4.79 Å². The SMILES string of the molecule is COC(=O)C1(N2CCCCC2)CCNC1. The number of esters is 1. The van der Waals surface area contributed by atoms with Gasteiger partial charge in [0.25, 0.3) is 0 Å². The lowest BCUT2D eigenvalue weighted by Gasteiger charge is -2.40. The van der Waals surface area contributed by atoms with Crippen LogP contribution in [-0.4, -0.2) is 49.7 Å². The predicted molar refractivity (Wildman–Crippen MR) is 57.7 cm³/mol. The standard InChI is InChI=1S/C11H20N2O2/c1-15-10(14)11(5-6-12-9-11)13-7-3-2-4-8-13/h12H,2-9H2,1H3. The topological polar surface area (TPSA) is 41.6 Å². The van der Waals surface area contributed by atoms with Gasteiger partial charge in [-0.3, -0.25) is 4.90 Å². The number of nitrogens with zero attached hydrogens (tertiary/aromatic N) is 1. The maximum atomic E-state index is 11.9. The van der Waals surface area contributed by atoms with Gasteiger partial charge in [-0.1, -0.05) is 6.42 Å². The fraction of sp³-hybridized carbons (Fsp3) is 0.909. The van der Waals surface area contributed by atoms with Gasteiger partial charge in [0.15, 0.2) is 0 Å². The highest BCUT2D eigenvalue weighted by Crippen LogP contribution is 2.28. The van der Waals surface area contributed by atoms with Crippen LogP contribution in [-0.2, 0) is 9.53 Å².